The molecule has 10 nitrogen and oxygen atoms in total. The van der Waals surface area contributed by atoms with E-state index in [1.54, 1.807) is 48.5 Å². The van der Waals surface area contributed by atoms with Gasteiger partial charge < -0.3 is 30.2 Å². The summed E-state index contributed by atoms with van der Waals surface area (Å²) in [5, 5.41) is 5.09. The van der Waals surface area contributed by atoms with Crippen molar-refractivity contribution in [1.82, 2.24) is 0 Å². The van der Waals surface area contributed by atoms with Crippen molar-refractivity contribution in [3.8, 4) is 0 Å². The first-order valence-corrected chi connectivity index (χ1v) is 14.9. The molecule has 0 atom stereocenters. The molecule has 4 rings (SSSR count). The van der Waals surface area contributed by atoms with E-state index in [9.17, 15) is 38.3 Å². The van der Waals surface area contributed by atoms with E-state index in [4.69, 9.17) is 0 Å². The molecule has 2 amide bonds. The van der Waals surface area contributed by atoms with Crippen LogP contribution < -0.4 is 21.2 Å². The molecule has 12 heteroatoms. The van der Waals surface area contributed by atoms with Crippen LogP contribution in [0.15, 0.2) is 97.1 Å². The lowest BCUT2D eigenvalue weighted by Gasteiger charge is -2.08. The third-order valence-corrected chi connectivity index (χ3v) is 7.68. The standard InChI is InChI=1S/C28H24N2O8P2/c31-27(29-23-11-15-25(16-12-23)39(33,34)35)21-7-3-19(4-8-21)1-2-20-5-9-22(10-6-20)28(32)30-24-13-17-26(18-14-24)40(36,37)38/h1-18H,(H,29,31)(H,30,32)(H2,33,34,35)(H2,36,37,38). The van der Waals surface area contributed by atoms with Gasteiger partial charge >= 0.3 is 15.2 Å². The van der Waals surface area contributed by atoms with Crippen LogP contribution in [0.25, 0.3) is 12.2 Å². The monoisotopic (exact) mass is 578 g/mol. The van der Waals surface area contributed by atoms with Crippen molar-refractivity contribution in [3.05, 3.63) is 119 Å². The third-order valence-electron chi connectivity index (χ3n) is 5.74. The van der Waals surface area contributed by atoms with E-state index in [2.05, 4.69) is 10.6 Å². The molecule has 0 aromatic heterocycles. The molecule has 0 radical (unpaired) electrons. The number of carbonyl (C=O) groups excluding carboxylic acids is 2. The van der Waals surface area contributed by atoms with E-state index in [0.717, 1.165) is 11.1 Å². The Bertz CT molecular complexity index is 1510. The summed E-state index contributed by atoms with van der Waals surface area (Å²) in [6.45, 7) is 0. The molecule has 4 aromatic carbocycles. The van der Waals surface area contributed by atoms with Crippen LogP contribution in [-0.4, -0.2) is 31.4 Å². The SMILES string of the molecule is O=C(Nc1ccc(P(=O)(O)O)cc1)c1ccc(C=Cc2ccc(C(=O)Nc3ccc(P(=O)(O)O)cc3)cc2)cc1. The summed E-state index contributed by atoms with van der Waals surface area (Å²) in [6.07, 6.45) is 3.69. The molecular formula is C28H24N2O8P2. The number of rotatable bonds is 8. The topological polar surface area (TPSA) is 173 Å². The summed E-state index contributed by atoms with van der Waals surface area (Å²) in [4.78, 5) is 61.7. The minimum atomic E-state index is -4.35. The molecule has 0 aliphatic carbocycles. The second kappa shape index (κ2) is 11.9. The van der Waals surface area contributed by atoms with Crippen molar-refractivity contribution in [3.63, 3.8) is 0 Å². The van der Waals surface area contributed by atoms with Crippen molar-refractivity contribution in [1.29, 1.82) is 0 Å². The Morgan fingerprint density at radius 1 is 0.500 bits per heavy atom. The lowest BCUT2D eigenvalue weighted by Crippen LogP contribution is -2.12. The summed E-state index contributed by atoms with van der Waals surface area (Å²) in [6, 6.07) is 24.4. The Balaban J connectivity index is 1.33. The lowest BCUT2D eigenvalue weighted by molar-refractivity contribution is 0.101. The molecule has 0 unspecified atom stereocenters. The van der Waals surface area contributed by atoms with Gasteiger partial charge in [0.1, 0.15) is 0 Å². The van der Waals surface area contributed by atoms with Crippen molar-refractivity contribution in [2.24, 2.45) is 0 Å². The fourth-order valence-corrected chi connectivity index (χ4v) is 4.64. The van der Waals surface area contributed by atoms with Gasteiger partial charge in [0, 0.05) is 22.5 Å². The normalized spacial score (nSPS) is 11.8. The van der Waals surface area contributed by atoms with Gasteiger partial charge in [-0.2, -0.15) is 0 Å². The highest BCUT2D eigenvalue weighted by Gasteiger charge is 2.17. The highest BCUT2D eigenvalue weighted by Crippen LogP contribution is 2.34. The molecule has 6 N–H and O–H groups in total. The van der Waals surface area contributed by atoms with Gasteiger partial charge in [0.25, 0.3) is 11.8 Å². The van der Waals surface area contributed by atoms with Gasteiger partial charge in [-0.15, -0.1) is 0 Å². The molecule has 0 saturated carbocycles. The van der Waals surface area contributed by atoms with E-state index >= 15 is 0 Å². The predicted molar refractivity (Wildman–Crippen MR) is 154 cm³/mol. The zero-order valence-electron chi connectivity index (χ0n) is 20.7. The minimum Gasteiger partial charge on any atom is -0.322 e. The molecule has 0 aliphatic rings. The minimum absolute atomic E-state index is 0.131. The Morgan fingerprint density at radius 3 is 1.07 bits per heavy atom. The van der Waals surface area contributed by atoms with Gasteiger partial charge in [-0.1, -0.05) is 36.4 Å². The first-order chi connectivity index (χ1) is 18.9. The van der Waals surface area contributed by atoms with Gasteiger partial charge in [-0.3, -0.25) is 18.7 Å². The second-order valence-electron chi connectivity index (χ2n) is 8.67. The van der Waals surface area contributed by atoms with E-state index < -0.39 is 15.2 Å². The number of carbonyl (C=O) groups is 2. The molecule has 0 aliphatic heterocycles. The first-order valence-electron chi connectivity index (χ1n) is 11.7. The van der Waals surface area contributed by atoms with Crippen LogP contribution in [0, 0.1) is 0 Å². The Labute approximate surface area is 229 Å². The maximum absolute atomic E-state index is 12.5. The molecule has 0 heterocycles. The summed E-state index contributed by atoms with van der Waals surface area (Å²) in [5.74, 6) is -0.739. The zero-order valence-corrected chi connectivity index (χ0v) is 22.5. The van der Waals surface area contributed by atoms with Crippen LogP contribution in [-0.2, 0) is 9.13 Å². The molecular weight excluding hydrogens is 554 g/mol. The molecule has 0 saturated heterocycles. The smallest absolute Gasteiger partial charge is 0.322 e. The molecule has 0 spiro atoms. The van der Waals surface area contributed by atoms with Crippen LogP contribution in [0.2, 0.25) is 0 Å². The number of anilines is 2. The third kappa shape index (κ3) is 7.71. The zero-order chi connectivity index (χ0) is 28.9. The van der Waals surface area contributed by atoms with Crippen molar-refractivity contribution in [2.45, 2.75) is 0 Å². The fraction of sp³-hybridized carbons (Fsp3) is 0. The van der Waals surface area contributed by atoms with E-state index in [0.29, 0.717) is 22.5 Å². The number of nitrogens with one attached hydrogen (secondary N) is 2. The van der Waals surface area contributed by atoms with Crippen LogP contribution >= 0.6 is 15.2 Å². The molecule has 204 valence electrons. The van der Waals surface area contributed by atoms with Crippen LogP contribution in [0.4, 0.5) is 11.4 Å². The maximum Gasteiger partial charge on any atom is 0.356 e. The summed E-state index contributed by atoms with van der Waals surface area (Å²) in [5.41, 5.74) is 3.29. The van der Waals surface area contributed by atoms with Crippen LogP contribution in [0.5, 0.6) is 0 Å². The summed E-state index contributed by atoms with van der Waals surface area (Å²) < 4.78 is 22.5. The Kier molecular flexibility index (Phi) is 8.61. The number of hydrogen-bond acceptors (Lipinski definition) is 4. The van der Waals surface area contributed by atoms with Crippen molar-refractivity contribution >= 4 is 61.1 Å². The van der Waals surface area contributed by atoms with Gasteiger partial charge in [-0.05, 0) is 83.9 Å². The Morgan fingerprint density at radius 2 is 0.800 bits per heavy atom. The van der Waals surface area contributed by atoms with Crippen molar-refractivity contribution in [2.75, 3.05) is 10.6 Å². The van der Waals surface area contributed by atoms with Gasteiger partial charge in [0.2, 0.25) is 0 Å². The number of benzene rings is 4. The predicted octanol–water partition coefficient (Wildman–Crippen LogP) is 3.97. The fourth-order valence-electron chi connectivity index (χ4n) is 3.57. The molecule has 4 aromatic rings. The molecule has 40 heavy (non-hydrogen) atoms. The highest BCUT2D eigenvalue weighted by molar-refractivity contribution is 7.60. The maximum atomic E-state index is 12.5. The number of amides is 2. The lowest BCUT2D eigenvalue weighted by atomic mass is 10.1. The average molecular weight is 578 g/mol. The van der Waals surface area contributed by atoms with Crippen LogP contribution in [0.3, 0.4) is 0 Å². The average Bonchev–Trinajstić information content (AvgIpc) is 2.92. The van der Waals surface area contributed by atoms with Crippen LogP contribution in [0.1, 0.15) is 31.8 Å². The summed E-state index contributed by atoms with van der Waals surface area (Å²) >= 11 is 0. The largest absolute Gasteiger partial charge is 0.356 e. The van der Waals surface area contributed by atoms with Gasteiger partial charge in [-0.25, -0.2) is 0 Å². The highest BCUT2D eigenvalue weighted by atomic mass is 31.2. The molecule has 0 bridgehead atoms. The Hall–Kier alpha value is -4.14. The second-order valence-corrected chi connectivity index (χ2v) is 11.9. The number of hydrogen-bond donors (Lipinski definition) is 6. The van der Waals surface area contributed by atoms with E-state index in [-0.39, 0.29) is 22.4 Å². The summed E-state index contributed by atoms with van der Waals surface area (Å²) in [7, 11) is -8.70. The quantitative estimate of drug-likeness (QED) is 0.135. The first kappa shape index (κ1) is 28.9. The van der Waals surface area contributed by atoms with E-state index in [1.165, 1.54) is 48.5 Å². The molecule has 0 fully saturated rings. The van der Waals surface area contributed by atoms with Crippen molar-refractivity contribution < 1.29 is 38.3 Å². The van der Waals surface area contributed by atoms with E-state index in [1.807, 2.05) is 12.2 Å². The van der Waals surface area contributed by atoms with Gasteiger partial charge in [0.05, 0.1) is 10.6 Å². The van der Waals surface area contributed by atoms with Gasteiger partial charge in [0.15, 0.2) is 0 Å².